The highest BCUT2D eigenvalue weighted by Crippen LogP contribution is 2.21. The minimum Gasteiger partial charge on any atom is -0.506 e. The number of hydrogen-bond donors (Lipinski definition) is 3. The molecule has 4 N–H and O–H groups in total. The first-order valence-corrected chi connectivity index (χ1v) is 4.79. The topological polar surface area (TPSA) is 75.3 Å². The van der Waals surface area contributed by atoms with E-state index >= 15 is 0 Å². The Bertz CT molecular complexity index is 364. The van der Waals surface area contributed by atoms with E-state index in [2.05, 4.69) is 5.32 Å². The lowest BCUT2D eigenvalue weighted by Crippen LogP contribution is -2.34. The van der Waals surface area contributed by atoms with Crippen LogP contribution in [0, 0.1) is 0 Å². The van der Waals surface area contributed by atoms with Crippen LogP contribution in [0.25, 0.3) is 0 Å². The molecular formula is C11H16N2O2. The van der Waals surface area contributed by atoms with Gasteiger partial charge in [0.1, 0.15) is 11.5 Å². The maximum absolute atomic E-state index is 11.2. The van der Waals surface area contributed by atoms with E-state index in [1.54, 1.807) is 26.1 Å². The van der Waals surface area contributed by atoms with Crippen LogP contribution in [0.5, 0.6) is 5.75 Å². The predicted molar refractivity (Wildman–Crippen MR) is 59.8 cm³/mol. The van der Waals surface area contributed by atoms with Crippen molar-refractivity contribution in [1.29, 1.82) is 0 Å². The second-order valence-electron chi connectivity index (χ2n) is 3.55. The SMILES string of the molecule is CNC(Cc1ccc(O)c(N)c1)C(C)=O. The molecule has 0 heterocycles. The summed E-state index contributed by atoms with van der Waals surface area (Å²) in [7, 11) is 1.75. The van der Waals surface area contributed by atoms with Gasteiger partial charge in [-0.15, -0.1) is 0 Å². The van der Waals surface area contributed by atoms with E-state index in [4.69, 9.17) is 5.73 Å². The Morgan fingerprint density at radius 3 is 2.73 bits per heavy atom. The number of rotatable bonds is 4. The fourth-order valence-corrected chi connectivity index (χ4v) is 1.42. The first kappa shape index (κ1) is 11.5. The monoisotopic (exact) mass is 208 g/mol. The van der Waals surface area contributed by atoms with Gasteiger partial charge in [0.2, 0.25) is 0 Å². The molecule has 0 spiro atoms. The van der Waals surface area contributed by atoms with E-state index in [1.807, 2.05) is 0 Å². The van der Waals surface area contributed by atoms with E-state index in [1.165, 1.54) is 6.07 Å². The molecule has 4 heteroatoms. The Morgan fingerprint density at radius 2 is 2.27 bits per heavy atom. The third-order valence-corrected chi connectivity index (χ3v) is 2.37. The van der Waals surface area contributed by atoms with Gasteiger partial charge >= 0.3 is 0 Å². The van der Waals surface area contributed by atoms with Gasteiger partial charge in [-0.05, 0) is 38.1 Å². The molecule has 1 rings (SSSR count). The van der Waals surface area contributed by atoms with Gasteiger partial charge in [-0.2, -0.15) is 0 Å². The zero-order valence-corrected chi connectivity index (χ0v) is 8.95. The highest BCUT2D eigenvalue weighted by Gasteiger charge is 2.12. The molecule has 0 aliphatic carbocycles. The van der Waals surface area contributed by atoms with Crippen molar-refractivity contribution >= 4 is 11.5 Å². The van der Waals surface area contributed by atoms with Crippen LogP contribution < -0.4 is 11.1 Å². The maximum Gasteiger partial charge on any atom is 0.147 e. The molecule has 0 saturated carbocycles. The van der Waals surface area contributed by atoms with Gasteiger partial charge in [0, 0.05) is 0 Å². The number of likely N-dealkylation sites (N-methyl/N-ethyl adjacent to an activating group) is 1. The molecule has 0 fully saturated rings. The zero-order valence-electron chi connectivity index (χ0n) is 8.95. The molecule has 0 aliphatic heterocycles. The standard InChI is InChI=1S/C11H16N2O2/c1-7(14)10(13-2)6-8-3-4-11(15)9(12)5-8/h3-5,10,13,15H,6,12H2,1-2H3. The number of phenols is 1. The number of nitrogens with two attached hydrogens (primary N) is 1. The second kappa shape index (κ2) is 4.79. The molecule has 15 heavy (non-hydrogen) atoms. The number of carbonyl (C=O) groups is 1. The number of carbonyl (C=O) groups excluding carboxylic acids is 1. The van der Waals surface area contributed by atoms with Gasteiger partial charge in [0.25, 0.3) is 0 Å². The van der Waals surface area contributed by atoms with Crippen molar-refractivity contribution in [3.05, 3.63) is 23.8 Å². The molecular weight excluding hydrogens is 192 g/mol. The quantitative estimate of drug-likeness (QED) is 0.503. The number of benzene rings is 1. The van der Waals surface area contributed by atoms with Crippen LogP contribution in [0.1, 0.15) is 12.5 Å². The molecule has 0 amide bonds. The fourth-order valence-electron chi connectivity index (χ4n) is 1.42. The number of hydrogen-bond acceptors (Lipinski definition) is 4. The number of Topliss-reactive ketones (excluding diaryl/α,β-unsaturated/α-hetero) is 1. The Morgan fingerprint density at radius 1 is 1.60 bits per heavy atom. The van der Waals surface area contributed by atoms with Crippen molar-refractivity contribution in [1.82, 2.24) is 5.32 Å². The van der Waals surface area contributed by atoms with Gasteiger partial charge < -0.3 is 16.2 Å². The Hall–Kier alpha value is -1.55. The summed E-state index contributed by atoms with van der Waals surface area (Å²) in [5, 5.41) is 12.2. The van der Waals surface area contributed by atoms with Crippen molar-refractivity contribution < 1.29 is 9.90 Å². The van der Waals surface area contributed by atoms with Crippen molar-refractivity contribution in [3.63, 3.8) is 0 Å². The molecule has 82 valence electrons. The number of anilines is 1. The van der Waals surface area contributed by atoms with E-state index in [0.717, 1.165) is 5.56 Å². The molecule has 4 nitrogen and oxygen atoms in total. The third kappa shape index (κ3) is 2.95. The average molecular weight is 208 g/mol. The highest BCUT2D eigenvalue weighted by atomic mass is 16.3. The molecule has 0 aliphatic rings. The Kier molecular flexibility index (Phi) is 3.68. The molecule has 0 aromatic heterocycles. The number of phenolic OH excluding ortho intramolecular Hbond substituents is 1. The summed E-state index contributed by atoms with van der Waals surface area (Å²) < 4.78 is 0. The minimum atomic E-state index is -0.200. The average Bonchev–Trinajstić information content (AvgIpc) is 2.19. The van der Waals surface area contributed by atoms with Crippen molar-refractivity contribution in [2.24, 2.45) is 0 Å². The van der Waals surface area contributed by atoms with Crippen molar-refractivity contribution in [3.8, 4) is 5.75 Å². The summed E-state index contributed by atoms with van der Waals surface area (Å²) in [6, 6.07) is 4.79. The van der Waals surface area contributed by atoms with Crippen LogP contribution in [-0.4, -0.2) is 24.0 Å². The maximum atomic E-state index is 11.2. The van der Waals surface area contributed by atoms with Crippen LogP contribution >= 0.6 is 0 Å². The summed E-state index contributed by atoms with van der Waals surface area (Å²) in [6.07, 6.45) is 0.580. The lowest BCUT2D eigenvalue weighted by molar-refractivity contribution is -0.118. The second-order valence-corrected chi connectivity index (χ2v) is 3.55. The molecule has 0 radical (unpaired) electrons. The first-order chi connectivity index (χ1) is 7.04. The van der Waals surface area contributed by atoms with Crippen LogP contribution in [0.15, 0.2) is 18.2 Å². The number of ketones is 1. The molecule has 1 atom stereocenters. The molecule has 1 unspecified atom stereocenters. The summed E-state index contributed by atoms with van der Waals surface area (Å²) in [6.45, 7) is 1.55. The van der Waals surface area contributed by atoms with E-state index < -0.39 is 0 Å². The van der Waals surface area contributed by atoms with E-state index in [9.17, 15) is 9.90 Å². The normalized spacial score (nSPS) is 12.4. The lowest BCUT2D eigenvalue weighted by Gasteiger charge is -2.13. The van der Waals surface area contributed by atoms with Crippen molar-refractivity contribution in [2.45, 2.75) is 19.4 Å². The Balaban J connectivity index is 2.80. The number of nitrogens with one attached hydrogen (secondary N) is 1. The predicted octanol–water partition coefficient (Wildman–Crippen LogP) is 0.694. The van der Waals surface area contributed by atoms with Gasteiger partial charge in [-0.25, -0.2) is 0 Å². The van der Waals surface area contributed by atoms with Crippen LogP contribution in [-0.2, 0) is 11.2 Å². The van der Waals surface area contributed by atoms with E-state index in [-0.39, 0.29) is 17.6 Å². The number of aromatic hydroxyl groups is 1. The lowest BCUT2D eigenvalue weighted by atomic mass is 10.0. The van der Waals surface area contributed by atoms with Gasteiger partial charge in [0.05, 0.1) is 11.7 Å². The van der Waals surface area contributed by atoms with Crippen molar-refractivity contribution in [2.75, 3.05) is 12.8 Å². The van der Waals surface area contributed by atoms with Crippen LogP contribution in [0.3, 0.4) is 0 Å². The van der Waals surface area contributed by atoms with Gasteiger partial charge in [-0.3, -0.25) is 4.79 Å². The van der Waals surface area contributed by atoms with E-state index in [0.29, 0.717) is 12.1 Å². The largest absolute Gasteiger partial charge is 0.506 e. The van der Waals surface area contributed by atoms with Gasteiger partial charge in [-0.1, -0.05) is 6.07 Å². The van der Waals surface area contributed by atoms with Gasteiger partial charge in [0.15, 0.2) is 0 Å². The number of nitrogen functional groups attached to an aromatic ring is 1. The first-order valence-electron chi connectivity index (χ1n) is 4.79. The minimum absolute atomic E-state index is 0.0718. The molecule has 0 bridgehead atoms. The summed E-state index contributed by atoms with van der Waals surface area (Å²) in [5.41, 5.74) is 6.83. The third-order valence-electron chi connectivity index (χ3n) is 2.37. The van der Waals surface area contributed by atoms with Crippen LogP contribution in [0.2, 0.25) is 0 Å². The summed E-state index contributed by atoms with van der Waals surface area (Å²) in [4.78, 5) is 11.2. The summed E-state index contributed by atoms with van der Waals surface area (Å²) >= 11 is 0. The fraction of sp³-hybridized carbons (Fsp3) is 0.364. The molecule has 1 aromatic carbocycles. The zero-order chi connectivity index (χ0) is 11.4. The Labute approximate surface area is 89.1 Å². The van der Waals surface area contributed by atoms with Crippen LogP contribution in [0.4, 0.5) is 5.69 Å². The molecule has 0 saturated heterocycles. The molecule has 1 aromatic rings. The summed E-state index contributed by atoms with van der Waals surface area (Å²) in [5.74, 6) is 0.159. The smallest absolute Gasteiger partial charge is 0.147 e. The highest BCUT2D eigenvalue weighted by molar-refractivity contribution is 5.81.